The Labute approximate surface area is 446 Å². The molecule has 1 amide bonds. The van der Waals surface area contributed by atoms with Crippen LogP contribution < -0.4 is 14.8 Å². The van der Waals surface area contributed by atoms with Gasteiger partial charge in [-0.05, 0) is 129 Å². The molecule has 3 heterocycles. The number of pyridine rings is 1. The minimum absolute atomic E-state index is 0.0277. The van der Waals surface area contributed by atoms with Crippen LogP contribution in [0.2, 0.25) is 0 Å². The van der Waals surface area contributed by atoms with Crippen molar-refractivity contribution in [2.45, 2.75) is 130 Å². The molecule has 0 saturated heterocycles. The van der Waals surface area contributed by atoms with E-state index in [9.17, 15) is 19.8 Å². The third-order valence-corrected chi connectivity index (χ3v) is 16.7. The molecule has 8 rings (SSSR count). The van der Waals surface area contributed by atoms with Gasteiger partial charge < -0.3 is 29.9 Å². The summed E-state index contributed by atoms with van der Waals surface area (Å²) >= 11 is 0. The second-order valence-corrected chi connectivity index (χ2v) is 22.8. The van der Waals surface area contributed by atoms with Crippen molar-refractivity contribution in [1.29, 1.82) is 0 Å². The Morgan fingerprint density at radius 1 is 0.827 bits per heavy atom. The Hall–Kier alpha value is -6.20. The molecule has 0 bridgehead atoms. The fourth-order valence-electron chi connectivity index (χ4n) is 12.7. The van der Waals surface area contributed by atoms with Gasteiger partial charge in [0.15, 0.2) is 24.7 Å². The first-order valence-corrected chi connectivity index (χ1v) is 27.5. The maximum Gasteiger partial charge on any atom is 0.311 e. The van der Waals surface area contributed by atoms with E-state index in [0.717, 1.165) is 66.1 Å². The predicted molar refractivity (Wildman–Crippen MR) is 304 cm³/mol. The first kappa shape index (κ1) is 55.0. The Morgan fingerprint density at radius 2 is 1.51 bits per heavy atom. The maximum absolute atomic E-state index is 14.2. The summed E-state index contributed by atoms with van der Waals surface area (Å²) in [7, 11) is 1.55. The van der Waals surface area contributed by atoms with Gasteiger partial charge >= 0.3 is 5.97 Å². The molecular weight excluding hydrogens is 933 g/mol. The number of hydrogen-bond donors (Lipinski definition) is 3. The van der Waals surface area contributed by atoms with Crippen LogP contribution in [0.4, 0.5) is 11.4 Å². The minimum atomic E-state index is -0.938. The summed E-state index contributed by atoms with van der Waals surface area (Å²) in [6.07, 6.45) is 19.4. The number of aromatic nitrogens is 1. The fraction of sp³-hybridized carbons (Fsp3) is 0.446. The van der Waals surface area contributed by atoms with Crippen molar-refractivity contribution in [3.63, 3.8) is 0 Å². The number of rotatable bonds is 21. The number of fused-ring (bicyclic) bond motifs is 6. The Kier molecular flexibility index (Phi) is 16.8. The van der Waals surface area contributed by atoms with E-state index < -0.39 is 10.8 Å². The average molecular weight is 1020 g/mol. The van der Waals surface area contributed by atoms with Crippen LogP contribution in [0.25, 0.3) is 27.2 Å². The topological polar surface area (TPSA) is 115 Å². The zero-order valence-electron chi connectivity index (χ0n) is 46.4. The first-order valence-electron chi connectivity index (χ1n) is 27.5. The first-order chi connectivity index (χ1) is 36.0. The third kappa shape index (κ3) is 10.8. The van der Waals surface area contributed by atoms with Crippen molar-refractivity contribution < 1.29 is 38.4 Å². The van der Waals surface area contributed by atoms with Crippen LogP contribution in [-0.2, 0) is 29.9 Å². The molecule has 396 valence electrons. The SMILES string of the molecule is CCCCOC(=O)C(C)(CC(C)c1cc[n+](C2=C(C=CC3=[N+](CCO)c4ccc5ccccc5c4C3(C)C)CCCC2=CC=C2N(CCO)c3ccc4ccccc4c3C2(C)C)cc1)CC(C)(CC)C(=O)NCOC. The van der Waals surface area contributed by atoms with Gasteiger partial charge in [-0.1, -0.05) is 109 Å². The number of nitrogens with one attached hydrogen (secondary N) is 1. The van der Waals surface area contributed by atoms with Crippen LogP contribution in [-0.4, -0.2) is 79.1 Å². The molecule has 0 fully saturated rings. The van der Waals surface area contributed by atoms with Crippen molar-refractivity contribution in [3.05, 3.63) is 155 Å². The predicted octanol–water partition coefficient (Wildman–Crippen LogP) is 12.3. The van der Waals surface area contributed by atoms with E-state index in [-0.39, 0.29) is 48.6 Å². The molecule has 3 atom stereocenters. The Balaban J connectivity index is 1.22. The molecule has 75 heavy (non-hydrogen) atoms. The molecule has 0 radical (unpaired) electrons. The highest BCUT2D eigenvalue weighted by atomic mass is 16.5. The molecule has 1 aliphatic carbocycles. The highest BCUT2D eigenvalue weighted by Crippen LogP contribution is 2.51. The van der Waals surface area contributed by atoms with Crippen molar-refractivity contribution in [1.82, 2.24) is 5.32 Å². The van der Waals surface area contributed by atoms with Crippen molar-refractivity contribution in [2.75, 3.05) is 51.7 Å². The molecule has 3 N–H and O–H groups in total. The summed E-state index contributed by atoms with van der Waals surface area (Å²) in [6, 6.07) is 30.3. The van der Waals surface area contributed by atoms with E-state index in [1.807, 2.05) is 20.8 Å². The second-order valence-electron chi connectivity index (χ2n) is 22.8. The van der Waals surface area contributed by atoms with E-state index in [0.29, 0.717) is 39.0 Å². The summed E-state index contributed by atoms with van der Waals surface area (Å²) in [5, 5.41) is 28.7. The Morgan fingerprint density at radius 3 is 2.16 bits per heavy atom. The second kappa shape index (κ2) is 23.0. The average Bonchev–Trinajstić information content (AvgIpc) is 3.76. The van der Waals surface area contributed by atoms with Crippen LogP contribution in [0.15, 0.2) is 138 Å². The number of amides is 1. The number of β-amino-alcohol motifs (C(OH)–C–C–N with tert-alkyl or cyclic N) is 2. The van der Waals surface area contributed by atoms with Crippen molar-refractivity contribution in [2.24, 2.45) is 10.8 Å². The minimum Gasteiger partial charge on any atom is -0.465 e. The van der Waals surface area contributed by atoms with Crippen molar-refractivity contribution >= 4 is 56.2 Å². The lowest BCUT2D eigenvalue weighted by Crippen LogP contribution is -2.45. The number of methoxy groups -OCH3 is 1. The molecule has 5 aromatic rings. The third-order valence-electron chi connectivity index (χ3n) is 16.7. The molecule has 10 heteroatoms. The number of benzene rings is 4. The largest absolute Gasteiger partial charge is 0.465 e. The lowest BCUT2D eigenvalue weighted by molar-refractivity contribution is -0.580. The highest BCUT2D eigenvalue weighted by molar-refractivity contribution is 6.08. The van der Waals surface area contributed by atoms with Crippen LogP contribution in [0.1, 0.15) is 136 Å². The fourth-order valence-corrected chi connectivity index (χ4v) is 12.7. The molecule has 0 saturated carbocycles. The summed E-state index contributed by atoms with van der Waals surface area (Å²) in [6.45, 7) is 20.8. The van der Waals surface area contributed by atoms with Gasteiger partial charge in [-0.15, -0.1) is 0 Å². The van der Waals surface area contributed by atoms with Crippen LogP contribution in [0, 0.1) is 10.8 Å². The molecule has 4 aromatic carbocycles. The van der Waals surface area contributed by atoms with Crippen LogP contribution in [0.3, 0.4) is 0 Å². The van der Waals surface area contributed by atoms with Crippen molar-refractivity contribution in [3.8, 4) is 0 Å². The number of carbonyl (C=O) groups excluding carboxylic acids is 2. The number of carbonyl (C=O) groups is 2. The van der Waals surface area contributed by atoms with E-state index in [4.69, 9.17) is 9.47 Å². The van der Waals surface area contributed by atoms with Crippen LogP contribution in [0.5, 0.6) is 0 Å². The van der Waals surface area contributed by atoms with E-state index in [1.165, 1.54) is 43.8 Å². The number of anilines is 1. The summed E-state index contributed by atoms with van der Waals surface area (Å²) in [5.74, 6) is -0.443. The molecule has 0 spiro atoms. The number of hydrogen-bond acceptors (Lipinski definition) is 7. The zero-order valence-corrected chi connectivity index (χ0v) is 46.4. The summed E-state index contributed by atoms with van der Waals surface area (Å²) in [5.41, 5.74) is 9.32. The van der Waals surface area contributed by atoms with Gasteiger partial charge in [-0.25, -0.2) is 0 Å². The molecular formula is C65H82N4O6+2. The summed E-state index contributed by atoms with van der Waals surface area (Å²) < 4.78 is 15.7. The standard InChI is InChI=1S/C65H81N4O6/c1-11-13-41-75-61(73)65(9,43-64(8,12-2)60(72)66-44-74-10)42-45(3)46-33-35-67(36-34-46)59-49(27-31-55-62(4,5)57-51-23-16-14-19-47(51)25-29-53(57)68(55)37-39-70)21-18-22-50(59)28-32-56-63(6,7)58-52-24-17-15-20-48(52)26-30-54(58)69(56)38-40-71/h14-17,19-20,23-36,45,70-71H,11-13,18,21-22,37-44H2,1-10H3/q+1/p+1. The number of aliphatic hydroxyl groups is 2. The number of nitrogens with zero attached hydrogens (tertiary/aromatic N) is 3. The van der Waals surface area contributed by atoms with Gasteiger partial charge in [0.1, 0.15) is 13.3 Å². The van der Waals surface area contributed by atoms with Gasteiger partial charge in [-0.3, -0.25) is 9.59 Å². The lowest BCUT2D eigenvalue weighted by Gasteiger charge is -2.38. The molecule has 3 aliphatic rings. The number of esters is 1. The summed E-state index contributed by atoms with van der Waals surface area (Å²) in [4.78, 5) is 30.1. The van der Waals surface area contributed by atoms with Crippen LogP contribution >= 0.6 is 0 Å². The maximum atomic E-state index is 14.2. The Bertz CT molecular complexity index is 3090. The van der Waals surface area contributed by atoms with E-state index >= 15 is 0 Å². The normalized spacial score (nSPS) is 19.2. The number of ether oxygens (including phenoxy) is 2. The lowest BCUT2D eigenvalue weighted by atomic mass is 9.67. The zero-order chi connectivity index (χ0) is 53.7. The van der Waals surface area contributed by atoms with Gasteiger partial charge in [0.25, 0.3) is 0 Å². The van der Waals surface area contributed by atoms with Gasteiger partial charge in [0.05, 0.1) is 24.0 Å². The van der Waals surface area contributed by atoms with Gasteiger partial charge in [0.2, 0.25) is 17.3 Å². The highest BCUT2D eigenvalue weighted by Gasteiger charge is 2.47. The molecule has 3 unspecified atom stereocenters. The smallest absolute Gasteiger partial charge is 0.311 e. The quantitative estimate of drug-likeness (QED) is 0.0290. The van der Waals surface area contributed by atoms with Gasteiger partial charge in [0, 0.05) is 76.9 Å². The number of allylic oxidation sites excluding steroid dienone is 8. The number of aliphatic hydroxyl groups excluding tert-OH is 2. The van der Waals surface area contributed by atoms with Gasteiger partial charge in [-0.2, -0.15) is 9.14 Å². The van der Waals surface area contributed by atoms with E-state index in [1.54, 1.807) is 7.11 Å². The monoisotopic (exact) mass is 1010 g/mol. The molecule has 1 aromatic heterocycles. The molecule has 2 aliphatic heterocycles. The number of unbranched alkanes of at least 4 members (excludes halogenated alkanes) is 1. The molecule has 10 nitrogen and oxygen atoms in total. The van der Waals surface area contributed by atoms with E-state index in [2.05, 4.69) is 183 Å².